The Kier molecular flexibility index (Phi) is 6.96. The molecule has 4 rings (SSSR count). The van der Waals surface area contributed by atoms with E-state index in [1.807, 2.05) is 24.3 Å². The van der Waals surface area contributed by atoms with Crippen molar-refractivity contribution in [2.75, 3.05) is 18.4 Å². The van der Waals surface area contributed by atoms with Gasteiger partial charge in [-0.05, 0) is 30.9 Å². The number of fused-ring (bicyclic) bond motifs is 1. The van der Waals surface area contributed by atoms with Gasteiger partial charge in [-0.25, -0.2) is 10.5 Å². The highest BCUT2D eigenvalue weighted by Crippen LogP contribution is 2.32. The maximum atomic E-state index is 13.4. The van der Waals surface area contributed by atoms with Gasteiger partial charge in [-0.15, -0.1) is 0 Å². The molecule has 1 saturated carbocycles. The van der Waals surface area contributed by atoms with Crippen LogP contribution in [0, 0.1) is 11.8 Å². The summed E-state index contributed by atoms with van der Waals surface area (Å²) >= 11 is 0. The van der Waals surface area contributed by atoms with Gasteiger partial charge in [-0.2, -0.15) is 0 Å². The van der Waals surface area contributed by atoms with Crippen molar-refractivity contribution in [3.8, 4) is 0 Å². The number of carbonyl (C=O) groups is 3. The first-order valence-electron chi connectivity index (χ1n) is 11.2. The van der Waals surface area contributed by atoms with Crippen molar-refractivity contribution >= 4 is 34.7 Å². The number of hydrazine groups is 1. The number of hydrogen-bond donors (Lipinski definition) is 3. The third kappa shape index (κ3) is 4.89. The predicted molar refractivity (Wildman–Crippen MR) is 118 cm³/mol. The number of anilines is 1. The lowest BCUT2D eigenvalue weighted by Crippen LogP contribution is -2.51. The number of nitrogens with zero attached hydrogens (tertiary/aromatic N) is 3. The zero-order chi connectivity index (χ0) is 22.5. The highest BCUT2D eigenvalue weighted by atomic mass is 16.5. The lowest BCUT2D eigenvalue weighted by atomic mass is 9.92. The second-order valence-corrected chi connectivity index (χ2v) is 8.62. The Morgan fingerprint density at radius 2 is 2.09 bits per heavy atom. The summed E-state index contributed by atoms with van der Waals surface area (Å²) in [6.07, 6.45) is 9.15. The van der Waals surface area contributed by atoms with E-state index in [1.54, 1.807) is 12.4 Å². The third-order valence-electron chi connectivity index (χ3n) is 6.46. The number of hydrogen-bond acceptors (Lipinski definition) is 6. The van der Waals surface area contributed by atoms with Gasteiger partial charge in [0.25, 0.3) is 0 Å². The second-order valence-electron chi connectivity index (χ2n) is 8.62. The Labute approximate surface area is 186 Å². The van der Waals surface area contributed by atoms with Crippen LogP contribution in [-0.2, 0) is 14.4 Å². The maximum absolute atomic E-state index is 13.4. The molecule has 1 aliphatic carbocycles. The Balaban J connectivity index is 1.49. The Morgan fingerprint density at radius 1 is 1.28 bits per heavy atom. The fourth-order valence-electron chi connectivity index (χ4n) is 4.86. The van der Waals surface area contributed by atoms with Crippen molar-refractivity contribution in [2.45, 2.75) is 44.6 Å². The molecule has 0 spiro atoms. The fraction of sp³-hybridized carbons (Fsp3) is 0.478. The SMILES string of the molecule is O=CN(O)C[C@@H](CC1CCCC1)C(=O)N1NCC[C@H]1C(=O)Nc1cccc2cnccc12. The van der Waals surface area contributed by atoms with Gasteiger partial charge in [0.15, 0.2) is 0 Å². The van der Waals surface area contributed by atoms with Crippen LogP contribution in [0.3, 0.4) is 0 Å². The number of aromatic nitrogens is 1. The van der Waals surface area contributed by atoms with Crippen LogP contribution < -0.4 is 10.7 Å². The minimum absolute atomic E-state index is 0.0817. The summed E-state index contributed by atoms with van der Waals surface area (Å²) < 4.78 is 0. The largest absolute Gasteiger partial charge is 0.324 e. The van der Waals surface area contributed by atoms with Crippen LogP contribution in [0.5, 0.6) is 0 Å². The van der Waals surface area contributed by atoms with Crippen LogP contribution in [0.2, 0.25) is 0 Å². The number of pyridine rings is 1. The van der Waals surface area contributed by atoms with E-state index in [9.17, 15) is 19.6 Å². The Hall–Kier alpha value is -3.04. The molecule has 9 nitrogen and oxygen atoms in total. The normalized spacial score (nSPS) is 19.8. The summed E-state index contributed by atoms with van der Waals surface area (Å²) in [5.41, 5.74) is 3.70. The van der Waals surface area contributed by atoms with Gasteiger partial charge in [-0.1, -0.05) is 37.8 Å². The van der Waals surface area contributed by atoms with Crippen LogP contribution in [0.1, 0.15) is 38.5 Å². The molecule has 9 heteroatoms. The number of rotatable bonds is 8. The molecule has 1 aliphatic heterocycles. The molecule has 1 aromatic carbocycles. The molecule has 0 radical (unpaired) electrons. The van der Waals surface area contributed by atoms with E-state index >= 15 is 0 Å². The summed E-state index contributed by atoms with van der Waals surface area (Å²) in [5.74, 6) is -0.720. The van der Waals surface area contributed by atoms with Gasteiger partial charge in [-0.3, -0.25) is 29.6 Å². The standard InChI is InChI=1S/C23H29N5O4/c29-15-27(32)14-18(12-16-4-1-2-5-16)23(31)28-21(9-11-25-28)22(30)26-20-7-3-6-17-13-24-10-8-19(17)20/h3,6-8,10,13,15-16,18,21,25,32H,1-2,4-5,9,11-12,14H2,(H,26,30)/t18-,21+/m1/s1. The monoisotopic (exact) mass is 439 g/mol. The van der Waals surface area contributed by atoms with Crippen molar-refractivity contribution in [1.82, 2.24) is 20.5 Å². The van der Waals surface area contributed by atoms with E-state index in [0.29, 0.717) is 42.5 Å². The van der Waals surface area contributed by atoms with Crippen LogP contribution >= 0.6 is 0 Å². The molecule has 3 amide bonds. The molecule has 3 N–H and O–H groups in total. The lowest BCUT2D eigenvalue weighted by molar-refractivity contribution is -0.159. The summed E-state index contributed by atoms with van der Waals surface area (Å²) in [7, 11) is 0. The molecule has 0 bridgehead atoms. The van der Waals surface area contributed by atoms with Crippen molar-refractivity contribution in [3.63, 3.8) is 0 Å². The summed E-state index contributed by atoms with van der Waals surface area (Å²) in [4.78, 5) is 41.6. The molecule has 32 heavy (non-hydrogen) atoms. The van der Waals surface area contributed by atoms with E-state index < -0.39 is 12.0 Å². The van der Waals surface area contributed by atoms with Crippen LogP contribution in [0.15, 0.2) is 36.7 Å². The van der Waals surface area contributed by atoms with E-state index in [4.69, 9.17) is 0 Å². The molecule has 1 aromatic heterocycles. The minimum atomic E-state index is -0.672. The second kappa shape index (κ2) is 10.1. The van der Waals surface area contributed by atoms with Gasteiger partial charge >= 0.3 is 0 Å². The molecule has 2 aromatic rings. The highest BCUT2D eigenvalue weighted by Gasteiger charge is 2.39. The van der Waals surface area contributed by atoms with Crippen LogP contribution in [0.25, 0.3) is 10.8 Å². The predicted octanol–water partition coefficient (Wildman–Crippen LogP) is 2.32. The van der Waals surface area contributed by atoms with Gasteiger partial charge in [0.1, 0.15) is 6.04 Å². The molecule has 2 heterocycles. The van der Waals surface area contributed by atoms with Crippen LogP contribution in [0.4, 0.5) is 5.69 Å². The van der Waals surface area contributed by atoms with Crippen LogP contribution in [-0.4, -0.2) is 57.6 Å². The minimum Gasteiger partial charge on any atom is -0.324 e. The smallest absolute Gasteiger partial charge is 0.248 e. The number of hydroxylamine groups is 2. The number of benzene rings is 1. The zero-order valence-corrected chi connectivity index (χ0v) is 17.9. The first kappa shape index (κ1) is 22.2. The molecule has 0 unspecified atom stereocenters. The first-order chi connectivity index (χ1) is 15.6. The quantitative estimate of drug-likeness (QED) is 0.330. The van der Waals surface area contributed by atoms with Gasteiger partial charge in [0.05, 0.1) is 12.5 Å². The first-order valence-corrected chi connectivity index (χ1v) is 11.2. The Bertz CT molecular complexity index is 973. The van der Waals surface area contributed by atoms with E-state index in [2.05, 4.69) is 15.7 Å². The van der Waals surface area contributed by atoms with Gasteiger partial charge < -0.3 is 5.32 Å². The Morgan fingerprint density at radius 3 is 2.88 bits per heavy atom. The van der Waals surface area contributed by atoms with Gasteiger partial charge in [0.2, 0.25) is 18.2 Å². The molecular weight excluding hydrogens is 410 g/mol. The molecule has 2 atom stereocenters. The molecular formula is C23H29N5O4. The van der Waals surface area contributed by atoms with Crippen molar-refractivity contribution in [2.24, 2.45) is 11.8 Å². The van der Waals surface area contributed by atoms with Crippen molar-refractivity contribution in [1.29, 1.82) is 0 Å². The number of nitrogens with one attached hydrogen (secondary N) is 2. The molecule has 170 valence electrons. The average molecular weight is 440 g/mol. The number of carbonyl (C=O) groups excluding carboxylic acids is 3. The molecule has 1 saturated heterocycles. The molecule has 2 aliphatic rings. The highest BCUT2D eigenvalue weighted by molar-refractivity contribution is 6.04. The third-order valence-corrected chi connectivity index (χ3v) is 6.46. The lowest BCUT2D eigenvalue weighted by Gasteiger charge is -2.30. The zero-order valence-electron chi connectivity index (χ0n) is 17.9. The topological polar surface area (TPSA) is 115 Å². The summed E-state index contributed by atoms with van der Waals surface area (Å²) in [6, 6.07) is 6.77. The van der Waals surface area contributed by atoms with Gasteiger partial charge in [0, 0.05) is 35.4 Å². The molecule has 2 fully saturated rings. The van der Waals surface area contributed by atoms with E-state index in [0.717, 1.165) is 36.5 Å². The number of amides is 3. The van der Waals surface area contributed by atoms with E-state index in [1.165, 1.54) is 5.01 Å². The van der Waals surface area contributed by atoms with E-state index in [-0.39, 0.29) is 18.4 Å². The summed E-state index contributed by atoms with van der Waals surface area (Å²) in [6.45, 7) is 0.414. The van der Waals surface area contributed by atoms with Crippen molar-refractivity contribution in [3.05, 3.63) is 36.7 Å². The average Bonchev–Trinajstić information content (AvgIpc) is 3.50. The summed E-state index contributed by atoms with van der Waals surface area (Å²) in [5, 5.41) is 16.4. The maximum Gasteiger partial charge on any atom is 0.248 e. The fourth-order valence-corrected chi connectivity index (χ4v) is 4.86. The van der Waals surface area contributed by atoms with Crippen molar-refractivity contribution < 1.29 is 19.6 Å².